The Balaban J connectivity index is 1.51. The van der Waals surface area contributed by atoms with E-state index in [1.54, 1.807) is 47.2 Å². The van der Waals surface area contributed by atoms with E-state index in [4.69, 9.17) is 4.98 Å². The van der Waals surface area contributed by atoms with Crippen LogP contribution in [0.5, 0.6) is 0 Å². The van der Waals surface area contributed by atoms with Crippen LogP contribution in [0.3, 0.4) is 0 Å². The number of fused-ring (bicyclic) bond motifs is 3. The van der Waals surface area contributed by atoms with Gasteiger partial charge < -0.3 is 10.6 Å². The Morgan fingerprint density at radius 1 is 1.28 bits per heavy atom. The van der Waals surface area contributed by atoms with Gasteiger partial charge in [0.25, 0.3) is 11.5 Å². The van der Waals surface area contributed by atoms with Crippen LogP contribution in [0.2, 0.25) is 0 Å². The topological polar surface area (TPSA) is 93.1 Å². The monoisotopic (exact) mass is 470 g/mol. The van der Waals surface area contributed by atoms with Crippen molar-refractivity contribution in [2.45, 2.75) is 44.8 Å². The van der Waals surface area contributed by atoms with Crippen LogP contribution in [0, 0.1) is 5.92 Å². The lowest BCUT2D eigenvalue weighted by Gasteiger charge is -2.17. The quantitative estimate of drug-likeness (QED) is 0.423. The van der Waals surface area contributed by atoms with Gasteiger partial charge in [-0.15, -0.1) is 11.3 Å². The van der Waals surface area contributed by atoms with Gasteiger partial charge in [-0.2, -0.15) is 0 Å². The number of hydrogen-bond donors (Lipinski definition) is 2. The van der Waals surface area contributed by atoms with E-state index in [1.807, 2.05) is 6.92 Å². The minimum absolute atomic E-state index is 0.00255. The summed E-state index contributed by atoms with van der Waals surface area (Å²) in [6, 6.07) is 6.70. The molecule has 1 atom stereocenters. The molecule has 0 saturated heterocycles. The summed E-state index contributed by atoms with van der Waals surface area (Å²) < 4.78 is 1.67. The molecule has 168 valence electrons. The second-order valence-corrected chi connectivity index (χ2v) is 10.00. The number of carbonyl (C=O) groups excluding carboxylic acids is 2. The minimum atomic E-state index is -0.195. The number of hydrogen-bond acceptors (Lipinski definition) is 6. The Labute approximate surface area is 194 Å². The molecule has 9 heteroatoms. The number of aryl methyl sites for hydroxylation is 1. The Hall–Kier alpha value is -2.65. The van der Waals surface area contributed by atoms with Crippen LogP contribution in [-0.2, 0) is 24.2 Å². The van der Waals surface area contributed by atoms with Crippen LogP contribution in [0.25, 0.3) is 10.2 Å². The van der Waals surface area contributed by atoms with E-state index >= 15 is 0 Å². The molecule has 0 fully saturated rings. The molecule has 32 heavy (non-hydrogen) atoms. The van der Waals surface area contributed by atoms with Gasteiger partial charge in [-0.25, -0.2) is 4.98 Å². The highest BCUT2D eigenvalue weighted by Crippen LogP contribution is 2.36. The molecule has 0 spiro atoms. The average molecular weight is 471 g/mol. The number of nitrogens with one attached hydrogen (secondary N) is 2. The van der Waals surface area contributed by atoms with Gasteiger partial charge >= 0.3 is 0 Å². The highest BCUT2D eigenvalue weighted by molar-refractivity contribution is 7.99. The van der Waals surface area contributed by atoms with Crippen LogP contribution in [-0.4, -0.2) is 34.2 Å². The van der Waals surface area contributed by atoms with Crippen molar-refractivity contribution in [3.63, 3.8) is 0 Å². The zero-order chi connectivity index (χ0) is 22.8. The summed E-state index contributed by atoms with van der Waals surface area (Å²) in [5, 5.41) is 6.73. The first-order valence-corrected chi connectivity index (χ1v) is 12.5. The zero-order valence-electron chi connectivity index (χ0n) is 18.4. The van der Waals surface area contributed by atoms with Crippen LogP contribution in [0.15, 0.2) is 34.2 Å². The number of benzene rings is 1. The van der Waals surface area contributed by atoms with Crippen molar-refractivity contribution in [3.8, 4) is 0 Å². The smallest absolute Gasteiger partial charge is 0.263 e. The fourth-order valence-electron chi connectivity index (χ4n) is 3.97. The van der Waals surface area contributed by atoms with Crippen molar-refractivity contribution in [1.82, 2.24) is 14.9 Å². The maximum absolute atomic E-state index is 13.2. The first-order chi connectivity index (χ1) is 15.4. The number of thiophene rings is 1. The van der Waals surface area contributed by atoms with E-state index in [9.17, 15) is 14.4 Å². The predicted molar refractivity (Wildman–Crippen MR) is 130 cm³/mol. The van der Waals surface area contributed by atoms with Gasteiger partial charge in [0.15, 0.2) is 5.16 Å². The zero-order valence-corrected chi connectivity index (χ0v) is 20.0. The standard InChI is InChI=1S/C23H26N4O3S2/c1-4-27-22(30)19-16-10-5-13(2)11-17(16)32-21(19)26-23(27)31-12-18(28)25-15-8-6-14(7-9-15)20(29)24-3/h6-9,13H,4-5,10-12H2,1-3H3,(H,24,29)(H,25,28). The average Bonchev–Trinajstić information content (AvgIpc) is 3.15. The third kappa shape index (κ3) is 4.45. The Morgan fingerprint density at radius 2 is 2.03 bits per heavy atom. The van der Waals surface area contributed by atoms with Crippen LogP contribution < -0.4 is 16.2 Å². The molecule has 0 saturated carbocycles. The van der Waals surface area contributed by atoms with Crippen molar-refractivity contribution in [1.29, 1.82) is 0 Å². The minimum Gasteiger partial charge on any atom is -0.355 e. The number of nitrogens with zero attached hydrogens (tertiary/aromatic N) is 2. The molecule has 1 aliphatic rings. The first kappa shape index (κ1) is 22.5. The van der Waals surface area contributed by atoms with Crippen LogP contribution >= 0.6 is 23.1 Å². The van der Waals surface area contributed by atoms with E-state index in [1.165, 1.54) is 22.2 Å². The molecule has 1 aliphatic carbocycles. The summed E-state index contributed by atoms with van der Waals surface area (Å²) in [4.78, 5) is 44.2. The van der Waals surface area contributed by atoms with E-state index in [2.05, 4.69) is 17.6 Å². The predicted octanol–water partition coefficient (Wildman–Crippen LogP) is 3.69. The number of thioether (sulfide) groups is 1. The largest absolute Gasteiger partial charge is 0.355 e. The van der Waals surface area contributed by atoms with Crippen molar-refractivity contribution in [2.75, 3.05) is 18.1 Å². The molecule has 2 N–H and O–H groups in total. The van der Waals surface area contributed by atoms with Gasteiger partial charge in [0, 0.05) is 29.7 Å². The molecule has 2 amide bonds. The molecule has 0 aliphatic heterocycles. The van der Waals surface area contributed by atoms with Crippen molar-refractivity contribution < 1.29 is 9.59 Å². The number of anilines is 1. The second-order valence-electron chi connectivity index (χ2n) is 7.97. The second kappa shape index (κ2) is 9.46. The molecule has 0 bridgehead atoms. The van der Waals surface area contributed by atoms with Crippen molar-refractivity contribution in [3.05, 3.63) is 50.6 Å². The SMILES string of the molecule is CCn1c(SCC(=O)Nc2ccc(C(=O)NC)cc2)nc2sc3c(c2c1=O)CCC(C)C3. The van der Waals surface area contributed by atoms with E-state index in [0.717, 1.165) is 29.5 Å². The summed E-state index contributed by atoms with van der Waals surface area (Å²) in [6.07, 6.45) is 3.04. The fourth-order valence-corrected chi connectivity index (χ4v) is 6.26. The Bertz CT molecular complexity index is 1230. The first-order valence-electron chi connectivity index (χ1n) is 10.7. The summed E-state index contributed by atoms with van der Waals surface area (Å²) in [5.41, 5.74) is 2.31. The third-order valence-corrected chi connectivity index (χ3v) is 7.81. The highest BCUT2D eigenvalue weighted by Gasteiger charge is 2.24. The molecule has 1 aromatic carbocycles. The van der Waals surface area contributed by atoms with E-state index < -0.39 is 0 Å². The van der Waals surface area contributed by atoms with Crippen LogP contribution in [0.4, 0.5) is 5.69 Å². The normalized spacial score (nSPS) is 15.4. The van der Waals surface area contributed by atoms with Crippen molar-refractivity contribution >= 4 is 50.8 Å². The number of aromatic nitrogens is 2. The number of rotatable bonds is 6. The summed E-state index contributed by atoms with van der Waals surface area (Å²) in [6.45, 7) is 4.68. The third-order valence-electron chi connectivity index (χ3n) is 5.69. The highest BCUT2D eigenvalue weighted by atomic mass is 32.2. The van der Waals surface area contributed by atoms with Crippen LogP contribution in [0.1, 0.15) is 41.1 Å². The number of carbonyl (C=O) groups is 2. The lowest BCUT2D eigenvalue weighted by atomic mass is 9.89. The van der Waals surface area contributed by atoms with Crippen molar-refractivity contribution in [2.24, 2.45) is 5.92 Å². The molecule has 2 aromatic heterocycles. The maximum Gasteiger partial charge on any atom is 0.263 e. The lowest BCUT2D eigenvalue weighted by Crippen LogP contribution is -2.24. The molecule has 4 rings (SSSR count). The van der Waals surface area contributed by atoms with Gasteiger partial charge in [0.2, 0.25) is 5.91 Å². The van der Waals surface area contributed by atoms with E-state index in [-0.39, 0.29) is 23.1 Å². The Kier molecular flexibility index (Phi) is 6.66. The van der Waals surface area contributed by atoms with Gasteiger partial charge in [-0.05, 0) is 61.9 Å². The molecular weight excluding hydrogens is 444 g/mol. The summed E-state index contributed by atoms with van der Waals surface area (Å²) in [7, 11) is 1.57. The number of amides is 2. The van der Waals surface area contributed by atoms with Gasteiger partial charge in [-0.1, -0.05) is 18.7 Å². The van der Waals surface area contributed by atoms with Gasteiger partial charge in [0.1, 0.15) is 4.83 Å². The maximum atomic E-state index is 13.2. The molecular formula is C23H26N4O3S2. The molecule has 1 unspecified atom stereocenters. The van der Waals surface area contributed by atoms with Gasteiger partial charge in [0.05, 0.1) is 11.1 Å². The fraction of sp³-hybridized carbons (Fsp3) is 0.391. The molecule has 2 heterocycles. The molecule has 0 radical (unpaired) electrons. The van der Waals surface area contributed by atoms with Gasteiger partial charge in [-0.3, -0.25) is 19.0 Å². The summed E-state index contributed by atoms with van der Waals surface area (Å²) in [5.74, 6) is 0.394. The molecule has 7 nitrogen and oxygen atoms in total. The lowest BCUT2D eigenvalue weighted by molar-refractivity contribution is -0.113. The van der Waals surface area contributed by atoms with E-state index in [0.29, 0.717) is 28.9 Å². The summed E-state index contributed by atoms with van der Waals surface area (Å²) >= 11 is 2.89. The Morgan fingerprint density at radius 3 is 2.72 bits per heavy atom. The molecule has 3 aromatic rings.